The van der Waals surface area contributed by atoms with Crippen LogP contribution in [0.5, 0.6) is 0 Å². The van der Waals surface area contributed by atoms with Crippen LogP contribution in [0.15, 0.2) is 36.5 Å². The number of hydrogen-bond donors (Lipinski definition) is 0. The summed E-state index contributed by atoms with van der Waals surface area (Å²) in [6.45, 7) is 6.02. The van der Waals surface area contributed by atoms with Gasteiger partial charge in [-0.3, -0.25) is 0 Å². The quantitative estimate of drug-likeness (QED) is 0.232. The molecule has 0 aromatic carbocycles. The maximum absolute atomic E-state index is 3.85. The summed E-state index contributed by atoms with van der Waals surface area (Å²) < 4.78 is 0. The highest BCUT2D eigenvalue weighted by molar-refractivity contribution is 5.02. The third-order valence-electron chi connectivity index (χ3n) is 2.66. The van der Waals surface area contributed by atoms with Gasteiger partial charge in [0.1, 0.15) is 0 Å². The van der Waals surface area contributed by atoms with Crippen LogP contribution in [0.25, 0.3) is 0 Å². The summed E-state index contributed by atoms with van der Waals surface area (Å²) in [6.07, 6.45) is 24.5. The van der Waals surface area contributed by atoms with E-state index in [4.69, 9.17) is 0 Å². The van der Waals surface area contributed by atoms with Gasteiger partial charge in [-0.25, -0.2) is 0 Å². The van der Waals surface area contributed by atoms with E-state index in [0.717, 1.165) is 19.3 Å². The van der Waals surface area contributed by atoms with Crippen LogP contribution in [0.3, 0.4) is 0 Å². The third kappa shape index (κ3) is 15.2. The number of hydrogen-bond acceptors (Lipinski definition) is 0. The van der Waals surface area contributed by atoms with Gasteiger partial charge in [0.2, 0.25) is 0 Å². The highest BCUT2D eigenvalue weighted by atomic mass is 13.9. The highest BCUT2D eigenvalue weighted by Crippen LogP contribution is 2.05. The van der Waals surface area contributed by atoms with Crippen LogP contribution >= 0.6 is 0 Å². The first-order valence-corrected chi connectivity index (χ1v) is 7.17. The van der Waals surface area contributed by atoms with E-state index < -0.39 is 0 Å². The van der Waals surface area contributed by atoms with Crippen molar-refractivity contribution in [1.29, 1.82) is 0 Å². The molecule has 0 aliphatic rings. The zero-order valence-electron chi connectivity index (χ0n) is 11.5. The molecule has 97 valence electrons. The van der Waals surface area contributed by atoms with E-state index in [0.29, 0.717) is 0 Å². The highest BCUT2D eigenvalue weighted by Gasteiger charge is 1.85. The second-order valence-corrected chi connectivity index (χ2v) is 4.37. The van der Waals surface area contributed by atoms with Crippen LogP contribution < -0.4 is 0 Å². The molecule has 0 unspecified atom stereocenters. The van der Waals surface area contributed by atoms with Crippen LogP contribution in [-0.4, -0.2) is 0 Å². The second-order valence-electron chi connectivity index (χ2n) is 4.37. The lowest BCUT2D eigenvalue weighted by Crippen LogP contribution is -1.75. The lowest BCUT2D eigenvalue weighted by Gasteiger charge is -1.95. The summed E-state index contributed by atoms with van der Waals surface area (Å²) >= 11 is 0. The van der Waals surface area contributed by atoms with Crippen molar-refractivity contribution in [3.8, 4) is 0 Å². The predicted molar refractivity (Wildman–Crippen MR) is 80.0 cm³/mol. The fourth-order valence-corrected chi connectivity index (χ4v) is 1.62. The van der Waals surface area contributed by atoms with E-state index in [2.05, 4.69) is 50.3 Å². The number of unbranched alkanes of at least 4 members (excludes halogenated alkanes) is 6. The average Bonchev–Trinajstić information content (AvgIpc) is 2.35. The minimum atomic E-state index is 1.09. The molecule has 0 saturated heterocycles. The van der Waals surface area contributed by atoms with Gasteiger partial charge in [0.15, 0.2) is 0 Å². The summed E-state index contributed by atoms with van der Waals surface area (Å²) in [6, 6.07) is 0. The van der Waals surface area contributed by atoms with Crippen molar-refractivity contribution in [2.45, 2.75) is 64.7 Å². The number of rotatable bonds is 11. The van der Waals surface area contributed by atoms with Gasteiger partial charge < -0.3 is 0 Å². The standard InChI is InChI=1S/C17H29/c1-3-5-7-9-11-13-15-17-16-14-12-10-8-6-4-2/h6,8,14-17H,1,3-5,7,9-13H2,2H3/b8-6+,16-14+,17-15-. The third-order valence-corrected chi connectivity index (χ3v) is 2.66. The smallest absolute Gasteiger partial charge is 0.0313 e. The molecule has 0 spiro atoms. The minimum Gasteiger partial charge on any atom is -0.0888 e. The summed E-state index contributed by atoms with van der Waals surface area (Å²) in [7, 11) is 0. The Balaban J connectivity index is 3.23. The molecule has 0 heteroatoms. The largest absolute Gasteiger partial charge is 0.0888 e. The molecule has 0 atom stereocenters. The zero-order valence-corrected chi connectivity index (χ0v) is 11.5. The molecule has 0 aromatic rings. The van der Waals surface area contributed by atoms with Gasteiger partial charge in [0, 0.05) is 0 Å². The van der Waals surface area contributed by atoms with Crippen molar-refractivity contribution in [1.82, 2.24) is 0 Å². The van der Waals surface area contributed by atoms with Crippen molar-refractivity contribution >= 4 is 0 Å². The Kier molecular flexibility index (Phi) is 14.5. The van der Waals surface area contributed by atoms with Crippen molar-refractivity contribution < 1.29 is 0 Å². The molecule has 0 aromatic heterocycles. The van der Waals surface area contributed by atoms with Gasteiger partial charge in [-0.2, -0.15) is 0 Å². The Hall–Kier alpha value is -0.780. The molecular formula is C17H29. The van der Waals surface area contributed by atoms with Crippen LogP contribution in [-0.2, 0) is 0 Å². The van der Waals surface area contributed by atoms with Crippen molar-refractivity contribution in [2.24, 2.45) is 0 Å². The molecular weight excluding hydrogens is 204 g/mol. The predicted octanol–water partition coefficient (Wildman–Crippen LogP) is 6.02. The summed E-state index contributed by atoms with van der Waals surface area (Å²) in [5.41, 5.74) is 0. The Bertz CT molecular complexity index is 208. The van der Waals surface area contributed by atoms with Crippen LogP contribution in [0.4, 0.5) is 0 Å². The minimum absolute atomic E-state index is 1.09. The SMILES string of the molecule is [CH2]CCCCCC/C=C\C=C\CC/C=C/CC. The molecule has 0 saturated carbocycles. The van der Waals surface area contributed by atoms with E-state index in [-0.39, 0.29) is 0 Å². The summed E-state index contributed by atoms with van der Waals surface area (Å²) in [5.74, 6) is 0. The normalized spacial score (nSPS) is 12.4. The topological polar surface area (TPSA) is 0 Å². The van der Waals surface area contributed by atoms with Gasteiger partial charge in [0.05, 0.1) is 0 Å². The monoisotopic (exact) mass is 233 g/mol. The van der Waals surface area contributed by atoms with Crippen LogP contribution in [0.2, 0.25) is 0 Å². The lowest BCUT2D eigenvalue weighted by molar-refractivity contribution is 0.651. The molecule has 0 amide bonds. The second kappa shape index (κ2) is 15.2. The Morgan fingerprint density at radius 2 is 1.35 bits per heavy atom. The summed E-state index contributed by atoms with van der Waals surface area (Å²) in [5, 5.41) is 0. The molecule has 0 bridgehead atoms. The van der Waals surface area contributed by atoms with Gasteiger partial charge >= 0.3 is 0 Å². The number of allylic oxidation sites excluding steroid dienone is 6. The first kappa shape index (κ1) is 16.2. The first-order chi connectivity index (χ1) is 8.41. The molecule has 1 radical (unpaired) electrons. The molecule has 0 nitrogen and oxygen atoms in total. The van der Waals surface area contributed by atoms with Gasteiger partial charge in [0.25, 0.3) is 0 Å². The molecule has 0 fully saturated rings. The van der Waals surface area contributed by atoms with Gasteiger partial charge in [-0.15, -0.1) is 0 Å². The molecule has 0 heterocycles. The molecule has 0 aliphatic heterocycles. The van der Waals surface area contributed by atoms with E-state index in [1.165, 1.54) is 38.5 Å². The van der Waals surface area contributed by atoms with E-state index in [1.54, 1.807) is 0 Å². The average molecular weight is 233 g/mol. The maximum atomic E-state index is 3.85. The Morgan fingerprint density at radius 3 is 2.06 bits per heavy atom. The fourth-order valence-electron chi connectivity index (χ4n) is 1.62. The van der Waals surface area contributed by atoms with Crippen LogP contribution in [0, 0.1) is 6.92 Å². The Labute approximate surface area is 109 Å². The van der Waals surface area contributed by atoms with Crippen molar-refractivity contribution in [2.75, 3.05) is 0 Å². The fraction of sp³-hybridized carbons (Fsp3) is 0.588. The summed E-state index contributed by atoms with van der Waals surface area (Å²) in [4.78, 5) is 0. The molecule has 0 aliphatic carbocycles. The lowest BCUT2D eigenvalue weighted by atomic mass is 10.1. The maximum Gasteiger partial charge on any atom is -0.0313 e. The molecule has 17 heavy (non-hydrogen) atoms. The van der Waals surface area contributed by atoms with Gasteiger partial charge in [-0.1, -0.05) is 76.0 Å². The molecule has 0 rings (SSSR count). The van der Waals surface area contributed by atoms with Crippen molar-refractivity contribution in [3.05, 3.63) is 43.4 Å². The Morgan fingerprint density at radius 1 is 0.706 bits per heavy atom. The van der Waals surface area contributed by atoms with E-state index in [1.807, 2.05) is 0 Å². The zero-order chi connectivity index (χ0) is 12.6. The van der Waals surface area contributed by atoms with E-state index >= 15 is 0 Å². The first-order valence-electron chi connectivity index (χ1n) is 7.17. The molecule has 0 N–H and O–H groups in total. The van der Waals surface area contributed by atoms with Gasteiger partial charge in [-0.05, 0) is 32.1 Å². The van der Waals surface area contributed by atoms with E-state index in [9.17, 15) is 0 Å². The van der Waals surface area contributed by atoms with Crippen molar-refractivity contribution in [3.63, 3.8) is 0 Å². The van der Waals surface area contributed by atoms with Crippen LogP contribution in [0.1, 0.15) is 64.7 Å².